The van der Waals surface area contributed by atoms with Crippen molar-refractivity contribution in [3.8, 4) is 5.75 Å². The minimum absolute atomic E-state index is 0.0293. The van der Waals surface area contributed by atoms with Crippen LogP contribution < -0.4 is 4.52 Å². The lowest BCUT2D eigenvalue weighted by atomic mass is 10.1. The molecule has 13 heavy (non-hydrogen) atoms. The number of halogens is 1. The van der Waals surface area contributed by atoms with E-state index in [1.807, 2.05) is 30.3 Å². The number of hydrogen-bond acceptors (Lipinski definition) is 1. The van der Waals surface area contributed by atoms with Crippen LogP contribution >= 0.6 is 19.4 Å². The molecule has 3 heteroatoms. The van der Waals surface area contributed by atoms with Crippen molar-refractivity contribution in [1.82, 2.24) is 0 Å². The van der Waals surface area contributed by atoms with Crippen LogP contribution in [0, 0.1) is 0 Å². The van der Waals surface area contributed by atoms with E-state index in [0.29, 0.717) is 0 Å². The first-order chi connectivity index (χ1) is 6.42. The monoisotopic (exact) mass is 210 g/mol. The second kappa shape index (κ2) is 3.95. The molecule has 1 atom stereocenters. The third kappa shape index (κ3) is 1.77. The van der Waals surface area contributed by atoms with Crippen molar-refractivity contribution in [2.45, 2.75) is 0 Å². The van der Waals surface area contributed by atoms with E-state index < -0.39 is 0 Å². The van der Waals surface area contributed by atoms with Crippen LogP contribution in [0.2, 0.25) is 0 Å². The van der Waals surface area contributed by atoms with E-state index in [1.54, 1.807) is 0 Å². The Hall–Kier alpha value is -0.780. The maximum Gasteiger partial charge on any atom is 0.168 e. The van der Waals surface area contributed by atoms with Crippen LogP contribution in [0.3, 0.4) is 0 Å². The Morgan fingerprint density at radius 1 is 1.00 bits per heavy atom. The minimum atomic E-state index is -0.0293. The SMILES string of the molecule is ClPOc1cccc2ccccc12. The highest BCUT2D eigenvalue weighted by Gasteiger charge is 1.99. The summed E-state index contributed by atoms with van der Waals surface area (Å²) in [6.07, 6.45) is 0. The van der Waals surface area contributed by atoms with E-state index in [1.165, 1.54) is 5.39 Å². The molecule has 0 aliphatic heterocycles. The first-order valence-corrected chi connectivity index (χ1v) is 5.84. The summed E-state index contributed by atoms with van der Waals surface area (Å²) in [7, 11) is -0.0293. The fourth-order valence-electron chi connectivity index (χ4n) is 1.33. The summed E-state index contributed by atoms with van der Waals surface area (Å²) in [6, 6.07) is 14.0. The summed E-state index contributed by atoms with van der Waals surface area (Å²) in [5, 5.41) is 2.29. The van der Waals surface area contributed by atoms with Crippen molar-refractivity contribution < 1.29 is 4.52 Å². The molecule has 66 valence electrons. The normalized spacial score (nSPS) is 11.2. The molecule has 0 fully saturated rings. The van der Waals surface area contributed by atoms with Crippen molar-refractivity contribution in [3.63, 3.8) is 0 Å². The van der Waals surface area contributed by atoms with Gasteiger partial charge in [0.15, 0.2) is 8.16 Å². The van der Waals surface area contributed by atoms with E-state index in [2.05, 4.69) is 12.1 Å². The lowest BCUT2D eigenvalue weighted by Gasteiger charge is -2.04. The molecule has 1 nitrogen and oxygen atoms in total. The van der Waals surface area contributed by atoms with Gasteiger partial charge in [-0.3, -0.25) is 0 Å². The van der Waals surface area contributed by atoms with Crippen LogP contribution in [0.25, 0.3) is 10.8 Å². The fourth-order valence-corrected chi connectivity index (χ4v) is 1.84. The molecule has 0 saturated carbocycles. The molecule has 0 aliphatic rings. The van der Waals surface area contributed by atoms with E-state index in [0.717, 1.165) is 11.1 Å². The molecular weight excluding hydrogens is 203 g/mol. The first-order valence-electron chi connectivity index (χ1n) is 3.92. The number of rotatable bonds is 2. The second-order valence-corrected chi connectivity index (χ2v) is 3.48. The van der Waals surface area contributed by atoms with Gasteiger partial charge < -0.3 is 4.52 Å². The summed E-state index contributed by atoms with van der Waals surface area (Å²) in [6.45, 7) is 0. The topological polar surface area (TPSA) is 9.23 Å². The molecule has 2 aromatic carbocycles. The zero-order chi connectivity index (χ0) is 9.10. The molecule has 0 aromatic heterocycles. The Morgan fingerprint density at radius 3 is 2.62 bits per heavy atom. The van der Waals surface area contributed by atoms with Gasteiger partial charge in [0.25, 0.3) is 0 Å². The maximum atomic E-state index is 5.54. The molecule has 0 heterocycles. The molecular formula is C10H8ClOP. The lowest BCUT2D eigenvalue weighted by molar-refractivity contribution is 0.650. The summed E-state index contributed by atoms with van der Waals surface area (Å²) in [5.41, 5.74) is 0. The standard InChI is InChI=1S/C10H8ClOP/c11-13-12-10-7-3-5-8-4-1-2-6-9(8)10/h1-7,13H. The molecule has 2 aromatic rings. The number of fused-ring (bicyclic) bond motifs is 1. The summed E-state index contributed by atoms with van der Waals surface area (Å²) in [4.78, 5) is 0. The molecule has 0 spiro atoms. The predicted molar refractivity (Wildman–Crippen MR) is 58.7 cm³/mol. The minimum Gasteiger partial charge on any atom is -0.460 e. The highest BCUT2D eigenvalue weighted by atomic mass is 35.7. The van der Waals surface area contributed by atoms with Gasteiger partial charge in [0.05, 0.1) is 0 Å². The van der Waals surface area contributed by atoms with Gasteiger partial charge in [0.2, 0.25) is 0 Å². The number of hydrogen-bond donors (Lipinski definition) is 0. The predicted octanol–water partition coefficient (Wildman–Crippen LogP) is 3.97. The Balaban J connectivity index is 2.61. The van der Waals surface area contributed by atoms with Gasteiger partial charge in [0, 0.05) is 5.39 Å². The van der Waals surface area contributed by atoms with Gasteiger partial charge in [0.1, 0.15) is 5.75 Å². The van der Waals surface area contributed by atoms with E-state index in [4.69, 9.17) is 15.8 Å². The molecule has 0 radical (unpaired) electrons. The van der Waals surface area contributed by atoms with Crippen molar-refractivity contribution in [2.24, 2.45) is 0 Å². The first kappa shape index (κ1) is 8.80. The highest BCUT2D eigenvalue weighted by Crippen LogP contribution is 2.31. The van der Waals surface area contributed by atoms with Crippen LogP contribution in [-0.4, -0.2) is 0 Å². The van der Waals surface area contributed by atoms with Crippen molar-refractivity contribution in [3.05, 3.63) is 42.5 Å². The summed E-state index contributed by atoms with van der Waals surface area (Å²) in [5.74, 6) is 0.853. The quantitative estimate of drug-likeness (QED) is 0.682. The van der Waals surface area contributed by atoms with Crippen molar-refractivity contribution >= 4 is 30.2 Å². The van der Waals surface area contributed by atoms with Gasteiger partial charge in [-0.05, 0) is 11.5 Å². The lowest BCUT2D eigenvalue weighted by Crippen LogP contribution is -1.78. The fraction of sp³-hybridized carbons (Fsp3) is 0. The Labute approximate surface area is 83.3 Å². The third-order valence-electron chi connectivity index (χ3n) is 1.90. The Morgan fingerprint density at radius 2 is 1.77 bits per heavy atom. The van der Waals surface area contributed by atoms with Gasteiger partial charge in [-0.25, -0.2) is 0 Å². The molecule has 0 saturated heterocycles. The van der Waals surface area contributed by atoms with Crippen molar-refractivity contribution in [2.75, 3.05) is 0 Å². The molecule has 1 unspecified atom stereocenters. The zero-order valence-electron chi connectivity index (χ0n) is 6.83. The average Bonchev–Trinajstić information content (AvgIpc) is 2.19. The van der Waals surface area contributed by atoms with Crippen LogP contribution in [0.4, 0.5) is 0 Å². The molecule has 0 bridgehead atoms. The van der Waals surface area contributed by atoms with Gasteiger partial charge in [-0.1, -0.05) is 47.6 Å². The average molecular weight is 211 g/mol. The number of benzene rings is 2. The van der Waals surface area contributed by atoms with Crippen molar-refractivity contribution in [1.29, 1.82) is 0 Å². The summed E-state index contributed by atoms with van der Waals surface area (Å²) < 4.78 is 5.31. The van der Waals surface area contributed by atoms with Crippen LogP contribution in [0.15, 0.2) is 42.5 Å². The molecule has 0 amide bonds. The molecule has 0 aliphatic carbocycles. The largest absolute Gasteiger partial charge is 0.460 e. The second-order valence-electron chi connectivity index (χ2n) is 2.66. The van der Waals surface area contributed by atoms with Crippen LogP contribution in [0.5, 0.6) is 5.75 Å². The van der Waals surface area contributed by atoms with Gasteiger partial charge >= 0.3 is 0 Å². The molecule has 0 N–H and O–H groups in total. The Bertz CT molecular complexity index is 411. The van der Waals surface area contributed by atoms with E-state index >= 15 is 0 Å². The van der Waals surface area contributed by atoms with Gasteiger partial charge in [-0.2, -0.15) is 0 Å². The Kier molecular flexibility index (Phi) is 2.68. The van der Waals surface area contributed by atoms with Crippen LogP contribution in [-0.2, 0) is 0 Å². The van der Waals surface area contributed by atoms with Crippen LogP contribution in [0.1, 0.15) is 0 Å². The molecule has 2 rings (SSSR count). The van der Waals surface area contributed by atoms with E-state index in [-0.39, 0.29) is 8.16 Å². The maximum absolute atomic E-state index is 5.54. The van der Waals surface area contributed by atoms with E-state index in [9.17, 15) is 0 Å². The van der Waals surface area contributed by atoms with Gasteiger partial charge in [-0.15, -0.1) is 0 Å². The summed E-state index contributed by atoms with van der Waals surface area (Å²) >= 11 is 5.54. The zero-order valence-corrected chi connectivity index (χ0v) is 8.58. The third-order valence-corrected chi connectivity index (χ3v) is 2.43. The highest BCUT2D eigenvalue weighted by molar-refractivity contribution is 7.64. The smallest absolute Gasteiger partial charge is 0.168 e.